The Bertz CT molecular complexity index is 1340. The van der Waals surface area contributed by atoms with Gasteiger partial charge in [-0.05, 0) is 58.8 Å². The average molecular weight is 385 g/mol. The second-order valence-electron chi connectivity index (χ2n) is 6.53. The highest BCUT2D eigenvalue weighted by Gasteiger charge is 2.10. The van der Waals surface area contributed by atoms with Crippen LogP contribution in [0.3, 0.4) is 0 Å². The van der Waals surface area contributed by atoms with E-state index >= 15 is 0 Å². The van der Waals surface area contributed by atoms with Crippen molar-refractivity contribution in [3.63, 3.8) is 0 Å². The summed E-state index contributed by atoms with van der Waals surface area (Å²) in [5.41, 5.74) is 3.42. The Kier molecular flexibility index (Phi) is 3.87. The molecule has 1 N–H and O–H groups in total. The largest absolute Gasteiger partial charge is 0.305 e. The SMILES string of the molecule is Cn1cc(-c2ccc3nnc(NC(=O)c4ccc5sccc5c4)cc3c2)cn1. The third-order valence-electron chi connectivity index (χ3n) is 4.58. The second kappa shape index (κ2) is 6.54. The van der Waals surface area contributed by atoms with E-state index in [1.807, 2.05) is 73.4 Å². The van der Waals surface area contributed by atoms with Gasteiger partial charge in [0.2, 0.25) is 0 Å². The highest BCUT2D eigenvalue weighted by Crippen LogP contribution is 2.25. The van der Waals surface area contributed by atoms with Crippen LogP contribution < -0.4 is 5.32 Å². The molecule has 3 aromatic heterocycles. The lowest BCUT2D eigenvalue weighted by molar-refractivity contribution is 0.102. The number of fused-ring (bicyclic) bond motifs is 2. The lowest BCUT2D eigenvalue weighted by Gasteiger charge is -2.06. The molecule has 5 rings (SSSR count). The summed E-state index contributed by atoms with van der Waals surface area (Å²) in [7, 11) is 1.89. The molecule has 0 atom stereocenters. The van der Waals surface area contributed by atoms with E-state index < -0.39 is 0 Å². The van der Waals surface area contributed by atoms with Crippen LogP contribution in [0.4, 0.5) is 5.82 Å². The number of aromatic nitrogens is 4. The highest BCUT2D eigenvalue weighted by atomic mass is 32.1. The molecule has 0 saturated heterocycles. The molecule has 0 radical (unpaired) electrons. The van der Waals surface area contributed by atoms with Gasteiger partial charge in [0.1, 0.15) is 0 Å². The Hall–Kier alpha value is -3.58. The molecule has 6 nitrogen and oxygen atoms in total. The van der Waals surface area contributed by atoms with Crippen LogP contribution in [0.15, 0.2) is 66.3 Å². The van der Waals surface area contributed by atoms with Crippen molar-refractivity contribution in [1.29, 1.82) is 0 Å². The molecule has 2 aromatic carbocycles. The number of rotatable bonds is 3. The third kappa shape index (κ3) is 3.01. The molecule has 0 unspecified atom stereocenters. The molecule has 1 amide bonds. The Morgan fingerprint density at radius 3 is 2.79 bits per heavy atom. The fourth-order valence-electron chi connectivity index (χ4n) is 3.15. The maximum Gasteiger partial charge on any atom is 0.256 e. The number of benzene rings is 2. The van der Waals surface area contributed by atoms with E-state index in [-0.39, 0.29) is 5.91 Å². The molecule has 136 valence electrons. The molecule has 0 aliphatic rings. The monoisotopic (exact) mass is 385 g/mol. The average Bonchev–Trinajstić information content (AvgIpc) is 3.35. The van der Waals surface area contributed by atoms with Gasteiger partial charge in [-0.25, -0.2) is 0 Å². The van der Waals surface area contributed by atoms with Crippen LogP contribution in [0, 0.1) is 0 Å². The lowest BCUT2D eigenvalue weighted by Crippen LogP contribution is -2.13. The first-order valence-electron chi connectivity index (χ1n) is 8.71. The van der Waals surface area contributed by atoms with Gasteiger partial charge in [-0.3, -0.25) is 9.48 Å². The topological polar surface area (TPSA) is 72.7 Å². The van der Waals surface area contributed by atoms with E-state index in [4.69, 9.17) is 0 Å². The van der Waals surface area contributed by atoms with Gasteiger partial charge < -0.3 is 5.32 Å². The van der Waals surface area contributed by atoms with Crippen molar-refractivity contribution < 1.29 is 4.79 Å². The number of nitrogens with zero attached hydrogens (tertiary/aromatic N) is 4. The Balaban J connectivity index is 1.45. The van der Waals surface area contributed by atoms with Gasteiger partial charge in [0.25, 0.3) is 5.91 Å². The number of aryl methyl sites for hydroxylation is 1. The van der Waals surface area contributed by atoms with E-state index in [9.17, 15) is 4.79 Å². The van der Waals surface area contributed by atoms with Crippen molar-refractivity contribution in [2.24, 2.45) is 7.05 Å². The number of anilines is 1. The van der Waals surface area contributed by atoms with Crippen LogP contribution in [0.25, 0.3) is 32.1 Å². The van der Waals surface area contributed by atoms with Crippen molar-refractivity contribution in [3.8, 4) is 11.1 Å². The first-order chi connectivity index (χ1) is 13.7. The molecule has 7 heteroatoms. The zero-order chi connectivity index (χ0) is 19.1. The van der Waals surface area contributed by atoms with Gasteiger partial charge in [-0.2, -0.15) is 5.10 Å². The fraction of sp³-hybridized carbons (Fsp3) is 0.0476. The van der Waals surface area contributed by atoms with Crippen LogP contribution in [-0.4, -0.2) is 25.9 Å². The number of carbonyl (C=O) groups is 1. The van der Waals surface area contributed by atoms with Crippen LogP contribution in [0.2, 0.25) is 0 Å². The molecule has 0 aliphatic carbocycles. The zero-order valence-electron chi connectivity index (χ0n) is 15.0. The van der Waals surface area contributed by atoms with Gasteiger partial charge in [-0.1, -0.05) is 6.07 Å². The van der Waals surface area contributed by atoms with Crippen LogP contribution in [-0.2, 0) is 7.05 Å². The van der Waals surface area contributed by atoms with Crippen molar-refractivity contribution in [3.05, 3.63) is 71.9 Å². The summed E-state index contributed by atoms with van der Waals surface area (Å²) in [6.07, 6.45) is 3.78. The van der Waals surface area contributed by atoms with Gasteiger partial charge in [0.05, 0.1) is 11.7 Å². The summed E-state index contributed by atoms with van der Waals surface area (Å²) < 4.78 is 2.92. The van der Waals surface area contributed by atoms with Gasteiger partial charge in [0, 0.05) is 34.5 Å². The number of carbonyl (C=O) groups excluding carboxylic acids is 1. The highest BCUT2D eigenvalue weighted by molar-refractivity contribution is 7.17. The van der Waals surface area contributed by atoms with Gasteiger partial charge in [0.15, 0.2) is 5.82 Å². The predicted molar refractivity (Wildman–Crippen MR) is 112 cm³/mol. The molecular weight excluding hydrogens is 370 g/mol. The van der Waals surface area contributed by atoms with E-state index in [1.54, 1.807) is 16.0 Å². The summed E-state index contributed by atoms with van der Waals surface area (Å²) >= 11 is 1.65. The second-order valence-corrected chi connectivity index (χ2v) is 7.48. The fourth-order valence-corrected chi connectivity index (χ4v) is 3.92. The molecule has 0 aliphatic heterocycles. The number of hydrogen-bond donors (Lipinski definition) is 1. The standard InChI is InChI=1S/C21H15N5OS/c1-26-12-17(11-22-26)13-2-4-18-16(8-13)10-20(25-24-18)23-21(27)15-3-5-19-14(9-15)6-7-28-19/h2-12H,1H3,(H,23,25,27). The summed E-state index contributed by atoms with van der Waals surface area (Å²) in [6.45, 7) is 0. The van der Waals surface area contributed by atoms with Gasteiger partial charge >= 0.3 is 0 Å². The minimum Gasteiger partial charge on any atom is -0.305 e. The number of nitrogens with one attached hydrogen (secondary N) is 1. The van der Waals surface area contributed by atoms with Crippen molar-refractivity contribution in [2.75, 3.05) is 5.32 Å². The van der Waals surface area contributed by atoms with E-state index in [2.05, 4.69) is 20.6 Å². The molecule has 0 spiro atoms. The molecule has 0 fully saturated rings. The summed E-state index contributed by atoms with van der Waals surface area (Å²) in [6, 6.07) is 15.4. The Morgan fingerprint density at radius 1 is 1.00 bits per heavy atom. The summed E-state index contributed by atoms with van der Waals surface area (Å²) in [5.74, 6) is 0.219. The minimum absolute atomic E-state index is 0.204. The van der Waals surface area contributed by atoms with Crippen LogP contribution in [0.5, 0.6) is 0 Å². The summed E-state index contributed by atoms with van der Waals surface area (Å²) in [4.78, 5) is 12.6. The van der Waals surface area contributed by atoms with Crippen molar-refractivity contribution in [2.45, 2.75) is 0 Å². The summed E-state index contributed by atoms with van der Waals surface area (Å²) in [5, 5.41) is 19.4. The van der Waals surface area contributed by atoms with E-state index in [1.165, 1.54) is 0 Å². The molecule has 3 heterocycles. The molecule has 28 heavy (non-hydrogen) atoms. The Labute approximate surface area is 164 Å². The normalized spacial score (nSPS) is 11.2. The van der Waals surface area contributed by atoms with Crippen LogP contribution >= 0.6 is 11.3 Å². The predicted octanol–water partition coefficient (Wildman–Crippen LogP) is 4.50. The molecular formula is C21H15N5OS. The van der Waals surface area contributed by atoms with Gasteiger partial charge in [-0.15, -0.1) is 21.5 Å². The Morgan fingerprint density at radius 2 is 1.93 bits per heavy atom. The molecule has 0 saturated carbocycles. The molecule has 5 aromatic rings. The molecule has 0 bridgehead atoms. The number of amides is 1. The van der Waals surface area contributed by atoms with E-state index in [0.29, 0.717) is 11.4 Å². The lowest BCUT2D eigenvalue weighted by atomic mass is 10.1. The van der Waals surface area contributed by atoms with Crippen molar-refractivity contribution in [1.82, 2.24) is 20.0 Å². The smallest absolute Gasteiger partial charge is 0.256 e. The van der Waals surface area contributed by atoms with Crippen LogP contribution in [0.1, 0.15) is 10.4 Å². The number of hydrogen-bond acceptors (Lipinski definition) is 5. The third-order valence-corrected chi connectivity index (χ3v) is 5.48. The van der Waals surface area contributed by atoms with E-state index in [0.717, 1.165) is 32.1 Å². The number of thiophene rings is 1. The first-order valence-corrected chi connectivity index (χ1v) is 9.59. The maximum atomic E-state index is 12.6. The maximum absolute atomic E-state index is 12.6. The first kappa shape index (κ1) is 16.6. The quantitative estimate of drug-likeness (QED) is 0.496. The zero-order valence-corrected chi connectivity index (χ0v) is 15.8. The van der Waals surface area contributed by atoms with Crippen molar-refractivity contribution >= 4 is 44.1 Å². The minimum atomic E-state index is -0.204.